The molecule has 0 atom stereocenters. The van der Waals surface area contributed by atoms with Crippen LogP contribution in [-0.4, -0.2) is 6.16 Å². The van der Waals surface area contributed by atoms with Gasteiger partial charge in [0.15, 0.2) is 0 Å². The maximum Gasteiger partial charge on any atom is 0.508 e. The van der Waals surface area contributed by atoms with Gasteiger partial charge in [-0.25, -0.2) is 4.79 Å². The summed E-state index contributed by atoms with van der Waals surface area (Å²) in [6.45, 7) is 0.413. The summed E-state index contributed by atoms with van der Waals surface area (Å²) in [6, 6.07) is 11.7. The fourth-order valence-corrected chi connectivity index (χ4v) is 5.30. The number of halogens is 2. The van der Waals surface area contributed by atoms with E-state index in [0.29, 0.717) is 11.8 Å². The molecule has 160 valence electrons. The van der Waals surface area contributed by atoms with E-state index < -0.39 is 6.16 Å². The van der Waals surface area contributed by atoms with E-state index in [1.807, 2.05) is 36.4 Å². The van der Waals surface area contributed by atoms with Crippen LogP contribution in [0.25, 0.3) is 0 Å². The molecular weight excluding hydrogens is 419 g/mol. The molecule has 0 unspecified atom stereocenters. The number of benzene rings is 2. The molecule has 0 spiro atoms. The van der Waals surface area contributed by atoms with Crippen molar-refractivity contribution in [3.05, 3.63) is 68.7 Å². The highest BCUT2D eigenvalue weighted by atomic mass is 35.5. The van der Waals surface area contributed by atoms with E-state index in [2.05, 4.69) is 0 Å². The molecule has 0 bridgehead atoms. The Kier molecular flexibility index (Phi) is 7.22. The van der Waals surface area contributed by atoms with Crippen molar-refractivity contribution in [1.29, 1.82) is 0 Å². The Labute approximate surface area is 188 Å². The summed E-state index contributed by atoms with van der Waals surface area (Å²) in [4.78, 5) is 12.3. The standard InChI is InChI=1S/C25H28Cl2O3/c26-21-11-9-19(23(13-21)17-5-1-2-6-17)15-29-25(28)30-16-20-10-12-22(27)14-24(20)18-7-3-4-8-18/h9-14,17-18H,1-8,15-16H2. The monoisotopic (exact) mass is 446 g/mol. The number of rotatable bonds is 6. The predicted molar refractivity (Wildman–Crippen MR) is 120 cm³/mol. The van der Waals surface area contributed by atoms with Gasteiger partial charge in [0.25, 0.3) is 0 Å². The van der Waals surface area contributed by atoms with Crippen molar-refractivity contribution in [2.75, 3.05) is 0 Å². The molecule has 0 aromatic heterocycles. The normalized spacial score (nSPS) is 17.4. The fraction of sp³-hybridized carbons (Fsp3) is 0.480. The Morgan fingerprint density at radius 3 is 1.53 bits per heavy atom. The van der Waals surface area contributed by atoms with Gasteiger partial charge in [0.05, 0.1) is 0 Å². The summed E-state index contributed by atoms with van der Waals surface area (Å²) in [6.07, 6.45) is 8.98. The molecule has 30 heavy (non-hydrogen) atoms. The second-order valence-electron chi connectivity index (χ2n) is 8.48. The van der Waals surface area contributed by atoms with Crippen molar-refractivity contribution in [1.82, 2.24) is 0 Å². The first kappa shape index (κ1) is 21.5. The third-order valence-electron chi connectivity index (χ3n) is 6.50. The van der Waals surface area contributed by atoms with Crippen LogP contribution in [0.5, 0.6) is 0 Å². The maximum atomic E-state index is 12.3. The lowest BCUT2D eigenvalue weighted by Crippen LogP contribution is -2.10. The molecule has 0 amide bonds. The lowest BCUT2D eigenvalue weighted by molar-refractivity contribution is 0.0442. The molecule has 0 saturated heterocycles. The molecule has 3 nitrogen and oxygen atoms in total. The molecule has 2 aliphatic carbocycles. The highest BCUT2D eigenvalue weighted by molar-refractivity contribution is 6.30. The molecule has 5 heteroatoms. The molecule has 0 N–H and O–H groups in total. The lowest BCUT2D eigenvalue weighted by Gasteiger charge is -2.17. The maximum absolute atomic E-state index is 12.3. The first-order valence-electron chi connectivity index (χ1n) is 11.0. The Morgan fingerprint density at radius 2 is 1.13 bits per heavy atom. The van der Waals surface area contributed by atoms with Gasteiger partial charge >= 0.3 is 6.16 Å². The van der Waals surface area contributed by atoms with Crippen molar-refractivity contribution in [3.8, 4) is 0 Å². The van der Waals surface area contributed by atoms with Crippen LogP contribution in [0, 0.1) is 0 Å². The minimum absolute atomic E-state index is 0.206. The fourth-order valence-electron chi connectivity index (χ4n) is 4.94. The van der Waals surface area contributed by atoms with Gasteiger partial charge in [-0.2, -0.15) is 0 Å². The van der Waals surface area contributed by atoms with Crippen molar-refractivity contribution in [2.24, 2.45) is 0 Å². The third kappa shape index (κ3) is 5.31. The van der Waals surface area contributed by atoms with E-state index >= 15 is 0 Å². The van der Waals surface area contributed by atoms with Crippen LogP contribution in [0.1, 0.15) is 85.5 Å². The zero-order chi connectivity index (χ0) is 20.9. The quantitative estimate of drug-likeness (QED) is 0.419. The Morgan fingerprint density at radius 1 is 0.733 bits per heavy atom. The van der Waals surface area contributed by atoms with Gasteiger partial charge in [0.1, 0.15) is 13.2 Å². The van der Waals surface area contributed by atoms with E-state index in [0.717, 1.165) is 46.9 Å². The smallest absolute Gasteiger partial charge is 0.429 e. The third-order valence-corrected chi connectivity index (χ3v) is 6.97. The molecule has 2 aromatic rings. The van der Waals surface area contributed by atoms with E-state index in [4.69, 9.17) is 32.7 Å². The second-order valence-corrected chi connectivity index (χ2v) is 9.35. The van der Waals surface area contributed by atoms with E-state index in [-0.39, 0.29) is 13.2 Å². The van der Waals surface area contributed by atoms with Gasteiger partial charge in [0.2, 0.25) is 0 Å². The van der Waals surface area contributed by atoms with Gasteiger partial charge in [0, 0.05) is 10.0 Å². The number of hydrogen-bond donors (Lipinski definition) is 0. The Balaban J connectivity index is 1.36. The SMILES string of the molecule is O=C(OCc1ccc(Cl)cc1C1CCCC1)OCc1ccc(Cl)cc1C1CCCC1. The van der Waals surface area contributed by atoms with Crippen molar-refractivity contribution in [3.63, 3.8) is 0 Å². The van der Waals surface area contributed by atoms with Crippen LogP contribution in [0.2, 0.25) is 10.0 Å². The van der Waals surface area contributed by atoms with E-state index in [1.165, 1.54) is 36.8 Å². The summed E-state index contributed by atoms with van der Waals surface area (Å²) >= 11 is 12.4. The topological polar surface area (TPSA) is 35.5 Å². The van der Waals surface area contributed by atoms with Gasteiger partial charge in [-0.05, 0) is 84.0 Å². The number of carbonyl (C=O) groups is 1. The molecule has 0 aliphatic heterocycles. The first-order chi connectivity index (χ1) is 14.6. The van der Waals surface area contributed by atoms with Crippen LogP contribution in [0.15, 0.2) is 36.4 Å². The van der Waals surface area contributed by atoms with Crippen molar-refractivity contribution >= 4 is 29.4 Å². The van der Waals surface area contributed by atoms with Gasteiger partial charge in [-0.15, -0.1) is 0 Å². The van der Waals surface area contributed by atoms with E-state index in [9.17, 15) is 4.79 Å². The van der Waals surface area contributed by atoms with Crippen LogP contribution < -0.4 is 0 Å². The molecule has 2 saturated carbocycles. The largest absolute Gasteiger partial charge is 0.508 e. The number of hydrogen-bond acceptors (Lipinski definition) is 3. The van der Waals surface area contributed by atoms with Gasteiger partial charge in [-0.1, -0.05) is 61.0 Å². The summed E-state index contributed by atoms with van der Waals surface area (Å²) < 4.78 is 10.9. The average molecular weight is 447 g/mol. The summed E-state index contributed by atoms with van der Waals surface area (Å²) in [5, 5.41) is 1.45. The number of carbonyl (C=O) groups excluding carboxylic acids is 1. The van der Waals surface area contributed by atoms with Crippen LogP contribution in [0.3, 0.4) is 0 Å². The van der Waals surface area contributed by atoms with Crippen molar-refractivity contribution in [2.45, 2.75) is 76.4 Å². The Bertz CT molecular complexity index is 812. The average Bonchev–Trinajstić information content (AvgIpc) is 3.46. The molecule has 2 aliphatic rings. The summed E-state index contributed by atoms with van der Waals surface area (Å²) in [5.74, 6) is 1.00. The molecule has 0 radical (unpaired) electrons. The highest BCUT2D eigenvalue weighted by Crippen LogP contribution is 2.38. The van der Waals surface area contributed by atoms with Crippen LogP contribution in [-0.2, 0) is 22.7 Å². The molecule has 0 heterocycles. The van der Waals surface area contributed by atoms with Gasteiger partial charge in [-0.3, -0.25) is 0 Å². The van der Waals surface area contributed by atoms with Crippen LogP contribution >= 0.6 is 23.2 Å². The molecule has 2 fully saturated rings. The second kappa shape index (κ2) is 10.1. The summed E-state index contributed by atoms with van der Waals surface area (Å²) in [7, 11) is 0. The van der Waals surface area contributed by atoms with Gasteiger partial charge < -0.3 is 9.47 Å². The van der Waals surface area contributed by atoms with Crippen molar-refractivity contribution < 1.29 is 14.3 Å². The zero-order valence-electron chi connectivity index (χ0n) is 17.2. The van der Waals surface area contributed by atoms with E-state index in [1.54, 1.807) is 0 Å². The minimum atomic E-state index is -0.644. The molecule has 4 rings (SSSR count). The zero-order valence-corrected chi connectivity index (χ0v) is 18.7. The highest BCUT2D eigenvalue weighted by Gasteiger charge is 2.22. The Hall–Kier alpha value is -1.71. The predicted octanol–water partition coefficient (Wildman–Crippen LogP) is 8.16. The summed E-state index contributed by atoms with van der Waals surface area (Å²) in [5.41, 5.74) is 4.44. The number of ether oxygens (including phenoxy) is 2. The minimum Gasteiger partial charge on any atom is -0.429 e. The molecular formula is C25H28Cl2O3. The lowest BCUT2D eigenvalue weighted by atomic mass is 9.93. The van der Waals surface area contributed by atoms with Crippen LogP contribution in [0.4, 0.5) is 4.79 Å². The molecule has 2 aromatic carbocycles. The first-order valence-corrected chi connectivity index (χ1v) is 11.7.